The average molecular weight is 270 g/mol. The number of benzene rings is 1. The molecule has 1 saturated heterocycles. The monoisotopic (exact) mass is 269 g/mol. The van der Waals surface area contributed by atoms with E-state index in [0.717, 1.165) is 5.56 Å². The minimum Gasteiger partial charge on any atom is -0.496 e. The molecule has 2 rings (SSSR count). The van der Waals surface area contributed by atoms with Crippen molar-refractivity contribution in [1.82, 2.24) is 4.90 Å². The number of nitrogens with zero attached hydrogens (tertiary/aromatic N) is 1. The minimum atomic E-state index is 0.0333. The molecule has 1 fully saturated rings. The average Bonchev–Trinajstić information content (AvgIpc) is 2.73. The Kier molecular flexibility index (Phi) is 4.09. The van der Waals surface area contributed by atoms with Gasteiger partial charge in [-0.1, -0.05) is 17.7 Å². The number of rotatable bonds is 4. The summed E-state index contributed by atoms with van der Waals surface area (Å²) in [6.07, 6.45) is 0.406. The Bertz CT molecular complexity index is 450. The maximum absolute atomic E-state index is 11.8. The van der Waals surface area contributed by atoms with Crippen molar-refractivity contribution in [3.63, 3.8) is 0 Å². The molecule has 0 bridgehead atoms. The van der Waals surface area contributed by atoms with Gasteiger partial charge >= 0.3 is 0 Å². The minimum absolute atomic E-state index is 0.0333. The second-order valence-corrected chi connectivity index (χ2v) is 4.85. The largest absolute Gasteiger partial charge is 0.496 e. The summed E-state index contributed by atoms with van der Waals surface area (Å²) in [5, 5.41) is 9.69. The lowest BCUT2D eigenvalue weighted by molar-refractivity contribution is -0.128. The van der Waals surface area contributed by atoms with E-state index < -0.39 is 0 Å². The van der Waals surface area contributed by atoms with Gasteiger partial charge in [0.15, 0.2) is 0 Å². The molecule has 4 nitrogen and oxygen atoms in total. The molecular weight excluding hydrogens is 254 g/mol. The number of carbonyl (C=O) groups excluding carboxylic acids is 1. The zero-order valence-electron chi connectivity index (χ0n) is 10.2. The van der Waals surface area contributed by atoms with Gasteiger partial charge in [0.2, 0.25) is 5.91 Å². The highest BCUT2D eigenvalue weighted by Crippen LogP contribution is 2.29. The van der Waals surface area contributed by atoms with Crippen LogP contribution in [0.3, 0.4) is 0 Å². The van der Waals surface area contributed by atoms with Gasteiger partial charge < -0.3 is 14.7 Å². The molecule has 0 spiro atoms. The smallest absolute Gasteiger partial charge is 0.223 e. The Morgan fingerprint density at radius 2 is 2.33 bits per heavy atom. The summed E-state index contributed by atoms with van der Waals surface area (Å²) < 4.78 is 5.25. The predicted octanol–water partition coefficient (Wildman–Crippen LogP) is 1.69. The van der Waals surface area contributed by atoms with Crippen LogP contribution in [0, 0.1) is 5.92 Å². The zero-order chi connectivity index (χ0) is 13.1. The Balaban J connectivity index is 2.17. The van der Waals surface area contributed by atoms with Gasteiger partial charge in [0.05, 0.1) is 13.7 Å². The standard InChI is InChI=1S/C13H16ClNO3/c1-18-12-4-2-3-11(14)10(12)7-15-6-9(8-16)5-13(15)17/h2-4,9,16H,5-8H2,1H3. The number of methoxy groups -OCH3 is 1. The summed E-state index contributed by atoms with van der Waals surface area (Å²) in [6, 6.07) is 5.42. The van der Waals surface area contributed by atoms with Crippen LogP contribution in [0.4, 0.5) is 0 Å². The molecule has 1 amide bonds. The maximum Gasteiger partial charge on any atom is 0.223 e. The van der Waals surface area contributed by atoms with Crippen LogP contribution < -0.4 is 4.74 Å². The highest BCUT2D eigenvalue weighted by molar-refractivity contribution is 6.31. The molecule has 0 radical (unpaired) electrons. The number of ether oxygens (including phenoxy) is 1. The van der Waals surface area contributed by atoms with Gasteiger partial charge in [-0.05, 0) is 12.1 Å². The molecule has 18 heavy (non-hydrogen) atoms. The number of hydrogen-bond acceptors (Lipinski definition) is 3. The summed E-state index contributed by atoms with van der Waals surface area (Å²) >= 11 is 6.14. The SMILES string of the molecule is COc1cccc(Cl)c1CN1CC(CO)CC1=O. The topological polar surface area (TPSA) is 49.8 Å². The Hall–Kier alpha value is -1.26. The molecular formula is C13H16ClNO3. The van der Waals surface area contributed by atoms with E-state index in [0.29, 0.717) is 30.3 Å². The fourth-order valence-electron chi connectivity index (χ4n) is 2.20. The van der Waals surface area contributed by atoms with Crippen molar-refractivity contribution >= 4 is 17.5 Å². The van der Waals surface area contributed by atoms with Crippen molar-refractivity contribution in [2.45, 2.75) is 13.0 Å². The predicted molar refractivity (Wildman–Crippen MR) is 68.6 cm³/mol. The van der Waals surface area contributed by atoms with Crippen molar-refractivity contribution in [3.05, 3.63) is 28.8 Å². The Morgan fingerprint density at radius 1 is 1.56 bits per heavy atom. The van der Waals surface area contributed by atoms with E-state index in [2.05, 4.69) is 0 Å². The van der Waals surface area contributed by atoms with Gasteiger partial charge in [-0.3, -0.25) is 4.79 Å². The molecule has 1 unspecified atom stereocenters. The van der Waals surface area contributed by atoms with E-state index in [9.17, 15) is 4.79 Å². The summed E-state index contributed by atoms with van der Waals surface area (Å²) in [5.41, 5.74) is 0.814. The third-order valence-electron chi connectivity index (χ3n) is 3.20. The zero-order valence-corrected chi connectivity index (χ0v) is 11.0. The lowest BCUT2D eigenvalue weighted by Gasteiger charge is -2.19. The first kappa shape index (κ1) is 13.2. The highest BCUT2D eigenvalue weighted by atomic mass is 35.5. The number of aliphatic hydroxyl groups is 1. The number of aliphatic hydroxyl groups excluding tert-OH is 1. The maximum atomic E-state index is 11.8. The van der Waals surface area contributed by atoms with Crippen LogP contribution in [-0.2, 0) is 11.3 Å². The number of likely N-dealkylation sites (tertiary alicyclic amines) is 1. The quantitative estimate of drug-likeness (QED) is 0.905. The van der Waals surface area contributed by atoms with E-state index >= 15 is 0 Å². The number of hydrogen-bond donors (Lipinski definition) is 1. The van der Waals surface area contributed by atoms with E-state index in [4.69, 9.17) is 21.4 Å². The number of amides is 1. The molecule has 98 valence electrons. The molecule has 0 saturated carbocycles. The molecule has 1 aromatic rings. The van der Waals surface area contributed by atoms with Gasteiger partial charge in [0.25, 0.3) is 0 Å². The Morgan fingerprint density at radius 3 is 2.94 bits per heavy atom. The molecule has 1 aromatic carbocycles. The van der Waals surface area contributed by atoms with Crippen LogP contribution in [-0.4, -0.2) is 36.2 Å². The molecule has 1 N–H and O–H groups in total. The molecule has 0 aromatic heterocycles. The second kappa shape index (κ2) is 5.59. The first-order valence-electron chi connectivity index (χ1n) is 5.85. The molecule has 1 heterocycles. The first-order chi connectivity index (χ1) is 8.65. The van der Waals surface area contributed by atoms with E-state index in [1.54, 1.807) is 18.1 Å². The summed E-state index contributed by atoms with van der Waals surface area (Å²) in [4.78, 5) is 13.5. The van der Waals surface area contributed by atoms with Crippen LogP contribution in [0.25, 0.3) is 0 Å². The normalized spacial score (nSPS) is 19.4. The first-order valence-corrected chi connectivity index (χ1v) is 6.23. The van der Waals surface area contributed by atoms with Gasteiger partial charge in [-0.25, -0.2) is 0 Å². The van der Waals surface area contributed by atoms with Crippen LogP contribution in [0.15, 0.2) is 18.2 Å². The second-order valence-electron chi connectivity index (χ2n) is 4.45. The molecule has 1 aliphatic heterocycles. The molecule has 0 aliphatic carbocycles. The van der Waals surface area contributed by atoms with Crippen molar-refractivity contribution in [3.8, 4) is 5.75 Å². The van der Waals surface area contributed by atoms with Crippen molar-refractivity contribution in [2.75, 3.05) is 20.3 Å². The molecule has 1 atom stereocenters. The van der Waals surface area contributed by atoms with E-state index in [1.807, 2.05) is 12.1 Å². The number of carbonyl (C=O) groups is 1. The lowest BCUT2D eigenvalue weighted by atomic mass is 10.1. The van der Waals surface area contributed by atoms with Gasteiger partial charge in [-0.2, -0.15) is 0 Å². The molecule has 5 heteroatoms. The van der Waals surface area contributed by atoms with Gasteiger partial charge in [0.1, 0.15) is 5.75 Å². The van der Waals surface area contributed by atoms with Gasteiger partial charge in [-0.15, -0.1) is 0 Å². The van der Waals surface area contributed by atoms with Crippen LogP contribution in [0.5, 0.6) is 5.75 Å². The highest BCUT2D eigenvalue weighted by Gasteiger charge is 2.29. The summed E-state index contributed by atoms with van der Waals surface area (Å²) in [6.45, 7) is 1.05. The van der Waals surface area contributed by atoms with Gasteiger partial charge in [0, 0.05) is 36.1 Å². The van der Waals surface area contributed by atoms with Crippen LogP contribution >= 0.6 is 11.6 Å². The number of halogens is 1. The van der Waals surface area contributed by atoms with Crippen LogP contribution in [0.1, 0.15) is 12.0 Å². The summed E-state index contributed by atoms with van der Waals surface area (Å²) in [7, 11) is 1.58. The fraction of sp³-hybridized carbons (Fsp3) is 0.462. The van der Waals surface area contributed by atoms with Crippen molar-refractivity contribution in [1.29, 1.82) is 0 Å². The van der Waals surface area contributed by atoms with Crippen molar-refractivity contribution in [2.24, 2.45) is 5.92 Å². The lowest BCUT2D eigenvalue weighted by Crippen LogP contribution is -2.25. The van der Waals surface area contributed by atoms with Crippen LogP contribution in [0.2, 0.25) is 5.02 Å². The summed E-state index contributed by atoms with van der Waals surface area (Å²) in [5.74, 6) is 0.768. The van der Waals surface area contributed by atoms with Crippen molar-refractivity contribution < 1.29 is 14.6 Å². The van der Waals surface area contributed by atoms with E-state index in [1.165, 1.54) is 0 Å². The van der Waals surface area contributed by atoms with E-state index in [-0.39, 0.29) is 18.4 Å². The third-order valence-corrected chi connectivity index (χ3v) is 3.55. The third kappa shape index (κ3) is 2.60. The fourth-order valence-corrected chi connectivity index (χ4v) is 2.43. The Labute approximate surface area is 111 Å². The molecule has 1 aliphatic rings.